The molecule has 1 amide bonds. The van der Waals surface area contributed by atoms with Gasteiger partial charge < -0.3 is 4.52 Å². The molecule has 0 atom stereocenters. The zero-order valence-electron chi connectivity index (χ0n) is 10.0. The number of aromatic nitrogens is 2. The lowest BCUT2D eigenvalue weighted by Gasteiger charge is -1.99. The van der Waals surface area contributed by atoms with Gasteiger partial charge in [0.25, 0.3) is 5.91 Å². The van der Waals surface area contributed by atoms with Crippen LogP contribution >= 0.6 is 0 Å². The molecule has 0 radical (unpaired) electrons. The van der Waals surface area contributed by atoms with E-state index >= 15 is 0 Å². The second kappa shape index (κ2) is 5.53. The van der Waals surface area contributed by atoms with Crippen LogP contribution in [0.25, 0.3) is 0 Å². The van der Waals surface area contributed by atoms with Gasteiger partial charge in [0.05, 0.1) is 0 Å². The SMILES string of the molecule is O=C(N=[SH4])c1ccc(Cc2noc(C(F)(F)F)n2)cc1. The standard InChI is InChI=1S/C11H10F3N3O2S/c12-11(13,14)10-15-8(16-19-10)5-6-1-3-7(4-2-6)9(18)17-20/h1-4H,5H2,20H4. The van der Waals surface area contributed by atoms with E-state index < -0.39 is 12.1 Å². The molecular formula is C11H10F3N3O2S. The van der Waals surface area contributed by atoms with Gasteiger partial charge in [-0.1, -0.05) is 17.3 Å². The summed E-state index contributed by atoms with van der Waals surface area (Å²) in [4.78, 5) is 14.5. The van der Waals surface area contributed by atoms with Crippen LogP contribution in [0.4, 0.5) is 13.2 Å². The Labute approximate surface area is 116 Å². The maximum Gasteiger partial charge on any atom is 0.471 e. The van der Waals surface area contributed by atoms with Crippen LogP contribution in [-0.2, 0) is 25.0 Å². The average molecular weight is 305 g/mol. The number of benzene rings is 1. The minimum absolute atomic E-state index is 0.0712. The molecule has 20 heavy (non-hydrogen) atoms. The fourth-order valence-corrected chi connectivity index (χ4v) is 1.66. The number of hydrogen-bond donors (Lipinski definition) is 0. The van der Waals surface area contributed by atoms with Crippen molar-refractivity contribution in [3.05, 3.63) is 47.1 Å². The zero-order chi connectivity index (χ0) is 14.8. The number of hydrogen-bond acceptors (Lipinski definition) is 4. The largest absolute Gasteiger partial charge is 0.471 e. The number of carbonyl (C=O) groups excluding carboxylic acids is 1. The topological polar surface area (TPSA) is 68.3 Å². The molecule has 1 aromatic carbocycles. The number of carbonyl (C=O) groups is 1. The Hall–Kier alpha value is -2.03. The van der Waals surface area contributed by atoms with Crippen LogP contribution in [0.3, 0.4) is 0 Å². The molecule has 0 aliphatic heterocycles. The van der Waals surface area contributed by atoms with E-state index in [1.807, 2.05) is 0 Å². The fourth-order valence-electron chi connectivity index (χ4n) is 1.48. The first-order valence-electron chi connectivity index (χ1n) is 5.40. The summed E-state index contributed by atoms with van der Waals surface area (Å²) < 4.78 is 44.5. The summed E-state index contributed by atoms with van der Waals surface area (Å²) in [6.45, 7) is 0. The van der Waals surface area contributed by atoms with E-state index in [9.17, 15) is 18.0 Å². The predicted molar refractivity (Wildman–Crippen MR) is 68.3 cm³/mol. The molecule has 0 saturated carbocycles. The summed E-state index contributed by atoms with van der Waals surface area (Å²) >= 11 is 1.19. The number of rotatable bonds is 3. The third kappa shape index (κ3) is 3.29. The molecule has 0 spiro atoms. The van der Waals surface area contributed by atoms with Crippen LogP contribution in [0.15, 0.2) is 33.2 Å². The van der Waals surface area contributed by atoms with Crippen molar-refractivity contribution in [2.24, 2.45) is 4.36 Å². The normalized spacial score (nSPS) is 11.4. The van der Waals surface area contributed by atoms with Gasteiger partial charge in [0.1, 0.15) is 0 Å². The Morgan fingerprint density at radius 1 is 1.30 bits per heavy atom. The highest BCUT2D eigenvalue weighted by Crippen LogP contribution is 2.27. The van der Waals surface area contributed by atoms with Crippen LogP contribution in [-0.4, -0.2) is 16.0 Å². The van der Waals surface area contributed by atoms with Crippen LogP contribution in [0, 0.1) is 0 Å². The van der Waals surface area contributed by atoms with Gasteiger partial charge in [-0.15, -0.1) is 0 Å². The molecule has 0 saturated heterocycles. The van der Waals surface area contributed by atoms with E-state index in [4.69, 9.17) is 0 Å². The van der Waals surface area contributed by atoms with Crippen molar-refractivity contribution in [3.8, 4) is 0 Å². The van der Waals surface area contributed by atoms with Crippen molar-refractivity contribution in [1.82, 2.24) is 10.1 Å². The third-order valence-corrected chi connectivity index (χ3v) is 2.70. The average Bonchev–Trinajstić information content (AvgIpc) is 2.87. The molecule has 0 aliphatic carbocycles. The number of alkyl halides is 3. The molecule has 0 bridgehead atoms. The van der Waals surface area contributed by atoms with E-state index in [1.165, 1.54) is 12.4 Å². The van der Waals surface area contributed by atoms with E-state index in [2.05, 4.69) is 19.0 Å². The predicted octanol–water partition coefficient (Wildman–Crippen LogP) is 1.48. The van der Waals surface area contributed by atoms with Crippen molar-refractivity contribution < 1.29 is 22.5 Å². The molecule has 0 unspecified atom stereocenters. The Kier molecular flexibility index (Phi) is 3.98. The summed E-state index contributed by atoms with van der Waals surface area (Å²) in [5.74, 6) is -1.79. The number of nitrogens with zero attached hydrogens (tertiary/aromatic N) is 3. The maximum absolute atomic E-state index is 12.3. The summed E-state index contributed by atoms with van der Waals surface area (Å²) in [6.07, 6.45) is -4.57. The van der Waals surface area contributed by atoms with Gasteiger partial charge in [0, 0.05) is 12.0 Å². The van der Waals surface area contributed by atoms with E-state index in [1.54, 1.807) is 24.3 Å². The third-order valence-electron chi connectivity index (χ3n) is 2.42. The highest BCUT2D eigenvalue weighted by Gasteiger charge is 2.38. The lowest BCUT2D eigenvalue weighted by Crippen LogP contribution is -2.05. The van der Waals surface area contributed by atoms with Gasteiger partial charge in [-0.2, -0.15) is 18.2 Å². The molecule has 2 aromatic rings. The molecule has 1 aromatic heterocycles. The van der Waals surface area contributed by atoms with Crippen LogP contribution in [0.5, 0.6) is 0 Å². The van der Waals surface area contributed by atoms with E-state index in [0.29, 0.717) is 11.1 Å². The lowest BCUT2D eigenvalue weighted by atomic mass is 10.1. The molecule has 108 valence electrons. The highest BCUT2D eigenvalue weighted by atomic mass is 32.1. The van der Waals surface area contributed by atoms with Crippen LogP contribution in [0.1, 0.15) is 27.6 Å². The molecule has 5 nitrogen and oxygen atoms in total. The van der Waals surface area contributed by atoms with Crippen molar-refractivity contribution in [1.29, 1.82) is 0 Å². The van der Waals surface area contributed by atoms with Crippen molar-refractivity contribution in [2.75, 3.05) is 0 Å². The fraction of sp³-hybridized carbons (Fsp3) is 0.182. The molecule has 1 heterocycles. The van der Waals surface area contributed by atoms with Crippen molar-refractivity contribution in [3.63, 3.8) is 0 Å². The van der Waals surface area contributed by atoms with Gasteiger partial charge in [-0.05, 0) is 17.7 Å². The Bertz CT molecular complexity index is 637. The first-order chi connectivity index (χ1) is 9.40. The van der Waals surface area contributed by atoms with Crippen molar-refractivity contribution >= 4 is 18.3 Å². The molecule has 9 heteroatoms. The molecule has 2 rings (SSSR count). The van der Waals surface area contributed by atoms with Crippen LogP contribution < -0.4 is 0 Å². The molecule has 0 aliphatic rings. The minimum atomic E-state index is -4.65. The summed E-state index contributed by atoms with van der Waals surface area (Å²) in [7, 11) is 0. The van der Waals surface area contributed by atoms with Gasteiger partial charge in [0.15, 0.2) is 5.82 Å². The molecule has 0 N–H and O–H groups in total. The second-order valence-corrected chi connectivity index (χ2v) is 4.17. The second-order valence-electron chi connectivity index (χ2n) is 3.85. The lowest BCUT2D eigenvalue weighted by molar-refractivity contribution is -0.159. The summed E-state index contributed by atoms with van der Waals surface area (Å²) in [5, 5.41) is 3.26. The van der Waals surface area contributed by atoms with Crippen LogP contribution in [0.2, 0.25) is 0 Å². The van der Waals surface area contributed by atoms with Crippen molar-refractivity contribution in [2.45, 2.75) is 12.6 Å². The van der Waals surface area contributed by atoms with Gasteiger partial charge in [-0.3, -0.25) is 4.79 Å². The summed E-state index contributed by atoms with van der Waals surface area (Å²) in [5.41, 5.74) is 1.07. The number of halogens is 3. The highest BCUT2D eigenvalue weighted by molar-refractivity contribution is 7.47. The number of amides is 1. The zero-order valence-corrected chi connectivity index (χ0v) is 11.4. The molecule has 0 fully saturated rings. The van der Waals surface area contributed by atoms with Gasteiger partial charge in [-0.25, -0.2) is 16.8 Å². The van der Waals surface area contributed by atoms with E-state index in [-0.39, 0.29) is 18.2 Å². The summed E-state index contributed by atoms with van der Waals surface area (Å²) in [6, 6.07) is 6.29. The minimum Gasteiger partial charge on any atom is -0.329 e. The van der Waals surface area contributed by atoms with Gasteiger partial charge in [0.2, 0.25) is 0 Å². The quantitative estimate of drug-likeness (QED) is 0.861. The maximum atomic E-state index is 12.3. The Morgan fingerprint density at radius 2 is 1.95 bits per heavy atom. The molecular weight excluding hydrogens is 295 g/mol. The van der Waals surface area contributed by atoms with E-state index in [0.717, 1.165) is 0 Å². The monoisotopic (exact) mass is 305 g/mol. The Morgan fingerprint density at radius 3 is 2.45 bits per heavy atom. The van der Waals surface area contributed by atoms with Gasteiger partial charge >= 0.3 is 12.1 Å². The first kappa shape index (κ1) is 14.4. The first-order valence-corrected chi connectivity index (χ1v) is 6.03. The Balaban J connectivity index is 2.12. The smallest absolute Gasteiger partial charge is 0.329 e.